The zero-order chi connectivity index (χ0) is 18.9. The first-order valence-corrected chi connectivity index (χ1v) is 10.6. The first kappa shape index (κ1) is 23.3. The number of hydrogen-bond acceptors (Lipinski definition) is 3. The van der Waals surface area contributed by atoms with E-state index in [1.54, 1.807) is 7.11 Å². The van der Waals surface area contributed by atoms with Gasteiger partial charge < -0.3 is 19.7 Å². The molecule has 1 aliphatic carbocycles. The molecule has 2 fully saturated rings. The Bertz CT molecular complexity index is 588. The van der Waals surface area contributed by atoms with Crippen molar-refractivity contribution < 1.29 is 9.47 Å². The van der Waals surface area contributed by atoms with Gasteiger partial charge in [-0.25, -0.2) is 0 Å². The van der Waals surface area contributed by atoms with Gasteiger partial charge >= 0.3 is 0 Å². The van der Waals surface area contributed by atoms with Gasteiger partial charge in [0.05, 0.1) is 12.7 Å². The van der Waals surface area contributed by atoms with Gasteiger partial charge in [0.2, 0.25) is 0 Å². The Kier molecular flexibility index (Phi) is 10.4. The van der Waals surface area contributed by atoms with Crippen molar-refractivity contribution in [2.24, 2.45) is 10.9 Å². The fraction of sp³-hybridized carbons (Fsp3) is 0.682. The predicted molar refractivity (Wildman–Crippen MR) is 126 cm³/mol. The Morgan fingerprint density at radius 3 is 2.61 bits per heavy atom. The quantitative estimate of drug-likeness (QED) is 0.331. The van der Waals surface area contributed by atoms with Crippen molar-refractivity contribution >= 4 is 29.9 Å². The molecule has 1 unspecified atom stereocenters. The van der Waals surface area contributed by atoms with E-state index in [1.165, 1.54) is 37.7 Å². The lowest BCUT2D eigenvalue weighted by atomic mass is 10.1. The molecule has 1 saturated heterocycles. The van der Waals surface area contributed by atoms with Gasteiger partial charge in [-0.2, -0.15) is 0 Å². The first-order chi connectivity index (χ1) is 13.3. The number of nitrogens with zero attached hydrogens (tertiary/aromatic N) is 2. The van der Waals surface area contributed by atoms with E-state index in [9.17, 15) is 0 Å². The Labute approximate surface area is 187 Å². The number of likely N-dealkylation sites (tertiary alicyclic amines) is 1. The fourth-order valence-corrected chi connectivity index (χ4v) is 4.05. The molecule has 0 aromatic heterocycles. The van der Waals surface area contributed by atoms with E-state index >= 15 is 0 Å². The van der Waals surface area contributed by atoms with Crippen molar-refractivity contribution in [3.05, 3.63) is 29.8 Å². The molecular weight excluding hydrogens is 465 g/mol. The summed E-state index contributed by atoms with van der Waals surface area (Å²) in [5, 5.41) is 3.44. The van der Waals surface area contributed by atoms with Gasteiger partial charge in [-0.15, -0.1) is 24.0 Å². The van der Waals surface area contributed by atoms with Crippen molar-refractivity contribution in [3.63, 3.8) is 0 Å². The first-order valence-electron chi connectivity index (χ1n) is 10.6. The Morgan fingerprint density at radius 1 is 1.18 bits per heavy atom. The third kappa shape index (κ3) is 7.10. The standard InChI is InChI=1S/C22H35N3O2.HI/c1-3-23-22(25-15-13-19(16-25)17-26-2)24-14-12-18-8-10-21(11-9-18)27-20-6-4-5-7-20;/h8-11,19-20H,3-7,12-17H2,1-2H3,(H,23,24);1H. The van der Waals surface area contributed by atoms with Crippen LogP contribution in [0.3, 0.4) is 0 Å². The normalized spacial score (nSPS) is 20.3. The minimum Gasteiger partial charge on any atom is -0.490 e. The summed E-state index contributed by atoms with van der Waals surface area (Å²) in [7, 11) is 1.78. The van der Waals surface area contributed by atoms with E-state index in [1.807, 2.05) is 0 Å². The summed E-state index contributed by atoms with van der Waals surface area (Å²) < 4.78 is 11.4. The van der Waals surface area contributed by atoms with Crippen molar-refractivity contribution in [2.45, 2.75) is 51.6 Å². The number of ether oxygens (including phenoxy) is 2. The maximum Gasteiger partial charge on any atom is 0.193 e. The summed E-state index contributed by atoms with van der Waals surface area (Å²) >= 11 is 0. The number of benzene rings is 1. The summed E-state index contributed by atoms with van der Waals surface area (Å²) in [6.45, 7) is 6.76. The maximum atomic E-state index is 6.05. The van der Waals surface area contributed by atoms with E-state index in [4.69, 9.17) is 14.5 Å². The number of methoxy groups -OCH3 is 1. The predicted octanol–water partition coefficient (Wildman–Crippen LogP) is 4.10. The third-order valence-corrected chi connectivity index (χ3v) is 5.51. The molecule has 1 aliphatic heterocycles. The van der Waals surface area contributed by atoms with Crippen molar-refractivity contribution in [2.75, 3.05) is 39.9 Å². The van der Waals surface area contributed by atoms with Crippen LogP contribution in [-0.2, 0) is 11.2 Å². The monoisotopic (exact) mass is 501 g/mol. The molecule has 3 rings (SSSR count). The summed E-state index contributed by atoms with van der Waals surface area (Å²) in [5.41, 5.74) is 1.31. The number of guanidine groups is 1. The molecule has 1 saturated carbocycles. The molecule has 0 radical (unpaired) electrons. The molecule has 1 aromatic rings. The molecule has 1 N–H and O–H groups in total. The topological polar surface area (TPSA) is 46.1 Å². The van der Waals surface area contributed by atoms with E-state index in [0.29, 0.717) is 12.0 Å². The number of aliphatic imine (C=N–C) groups is 1. The molecule has 1 aromatic carbocycles. The van der Waals surface area contributed by atoms with E-state index in [0.717, 1.165) is 50.9 Å². The van der Waals surface area contributed by atoms with Crippen LogP contribution in [0.25, 0.3) is 0 Å². The maximum absolute atomic E-state index is 6.05. The second kappa shape index (κ2) is 12.5. The number of halogens is 1. The van der Waals surface area contributed by atoms with Crippen LogP contribution in [0.4, 0.5) is 0 Å². The van der Waals surface area contributed by atoms with Crippen LogP contribution in [-0.4, -0.2) is 56.9 Å². The number of hydrogen-bond donors (Lipinski definition) is 1. The van der Waals surface area contributed by atoms with Crippen LogP contribution in [0.2, 0.25) is 0 Å². The Balaban J connectivity index is 0.00000280. The van der Waals surface area contributed by atoms with Crippen molar-refractivity contribution in [3.8, 4) is 5.75 Å². The van der Waals surface area contributed by atoms with Crippen LogP contribution >= 0.6 is 24.0 Å². The van der Waals surface area contributed by atoms with Crippen molar-refractivity contribution in [1.29, 1.82) is 0 Å². The summed E-state index contributed by atoms with van der Waals surface area (Å²) in [5.74, 6) is 2.66. The summed E-state index contributed by atoms with van der Waals surface area (Å²) in [6.07, 6.45) is 7.56. The molecule has 5 nitrogen and oxygen atoms in total. The fourth-order valence-electron chi connectivity index (χ4n) is 4.05. The lowest BCUT2D eigenvalue weighted by Gasteiger charge is -2.21. The van der Waals surface area contributed by atoms with Gasteiger partial charge in [0.15, 0.2) is 5.96 Å². The molecule has 2 aliphatic rings. The van der Waals surface area contributed by atoms with Gasteiger partial charge in [-0.1, -0.05) is 12.1 Å². The van der Waals surface area contributed by atoms with Gasteiger partial charge in [-0.05, 0) is 63.1 Å². The Hall–Kier alpha value is -1.02. The van der Waals surface area contributed by atoms with Gasteiger partial charge in [0.25, 0.3) is 0 Å². The third-order valence-electron chi connectivity index (χ3n) is 5.51. The minimum atomic E-state index is 0. The highest BCUT2D eigenvalue weighted by Gasteiger charge is 2.24. The summed E-state index contributed by atoms with van der Waals surface area (Å²) in [4.78, 5) is 7.22. The molecule has 1 atom stereocenters. The van der Waals surface area contributed by atoms with Crippen LogP contribution in [0, 0.1) is 5.92 Å². The van der Waals surface area contributed by atoms with Gasteiger partial charge in [0, 0.05) is 39.2 Å². The zero-order valence-corrected chi connectivity index (χ0v) is 19.7. The van der Waals surface area contributed by atoms with Crippen molar-refractivity contribution in [1.82, 2.24) is 10.2 Å². The average molecular weight is 501 g/mol. The highest BCUT2D eigenvalue weighted by Crippen LogP contribution is 2.24. The second-order valence-electron chi connectivity index (χ2n) is 7.71. The Morgan fingerprint density at radius 2 is 1.93 bits per heavy atom. The second-order valence-corrected chi connectivity index (χ2v) is 7.71. The summed E-state index contributed by atoms with van der Waals surface area (Å²) in [6, 6.07) is 8.57. The molecule has 6 heteroatoms. The highest BCUT2D eigenvalue weighted by molar-refractivity contribution is 14.0. The van der Waals surface area contributed by atoms with Gasteiger partial charge in [0.1, 0.15) is 5.75 Å². The average Bonchev–Trinajstić information content (AvgIpc) is 3.35. The lowest BCUT2D eigenvalue weighted by molar-refractivity contribution is 0.157. The molecule has 0 spiro atoms. The van der Waals surface area contributed by atoms with Crippen LogP contribution in [0.5, 0.6) is 5.75 Å². The van der Waals surface area contributed by atoms with Crippen LogP contribution in [0.1, 0.15) is 44.6 Å². The smallest absolute Gasteiger partial charge is 0.193 e. The minimum absolute atomic E-state index is 0. The van der Waals surface area contributed by atoms with Gasteiger partial charge in [-0.3, -0.25) is 4.99 Å². The lowest BCUT2D eigenvalue weighted by Crippen LogP contribution is -2.40. The highest BCUT2D eigenvalue weighted by atomic mass is 127. The molecule has 158 valence electrons. The molecular formula is C22H36IN3O2. The van der Waals surface area contributed by atoms with Crippen LogP contribution in [0.15, 0.2) is 29.3 Å². The van der Waals surface area contributed by atoms with Crippen LogP contribution < -0.4 is 10.1 Å². The number of nitrogens with one attached hydrogen (secondary N) is 1. The molecule has 0 amide bonds. The van der Waals surface area contributed by atoms with E-state index in [2.05, 4.69) is 41.4 Å². The zero-order valence-electron chi connectivity index (χ0n) is 17.4. The number of rotatable bonds is 8. The van der Waals surface area contributed by atoms with E-state index < -0.39 is 0 Å². The molecule has 28 heavy (non-hydrogen) atoms. The molecule has 1 heterocycles. The largest absolute Gasteiger partial charge is 0.490 e. The SMILES string of the molecule is CCNC(=NCCc1ccc(OC2CCCC2)cc1)N1CCC(COC)C1.I. The van der Waals surface area contributed by atoms with E-state index in [-0.39, 0.29) is 24.0 Å². The molecule has 0 bridgehead atoms.